The van der Waals surface area contributed by atoms with Crippen LogP contribution in [0.4, 0.5) is 0 Å². The van der Waals surface area contributed by atoms with Crippen LogP contribution in [-0.4, -0.2) is 48.8 Å². The lowest BCUT2D eigenvalue weighted by atomic mass is 9.99. The van der Waals surface area contributed by atoms with Gasteiger partial charge in [0.25, 0.3) is 11.7 Å². The first-order valence-corrected chi connectivity index (χ1v) is 8.01. The summed E-state index contributed by atoms with van der Waals surface area (Å²) in [6, 6.07) is 11.0. The van der Waals surface area contributed by atoms with E-state index in [2.05, 4.69) is 0 Å². The van der Waals surface area contributed by atoms with E-state index >= 15 is 0 Å². The number of amides is 1. The Morgan fingerprint density at radius 1 is 1.15 bits per heavy atom. The van der Waals surface area contributed by atoms with Gasteiger partial charge in [-0.25, -0.2) is 0 Å². The molecule has 7 heteroatoms. The van der Waals surface area contributed by atoms with Crippen LogP contribution in [0.2, 0.25) is 0 Å². The van der Waals surface area contributed by atoms with Crippen molar-refractivity contribution in [2.24, 2.45) is 0 Å². The molecule has 1 atom stereocenters. The van der Waals surface area contributed by atoms with Gasteiger partial charge in [0.15, 0.2) is 6.29 Å². The van der Waals surface area contributed by atoms with E-state index in [1.54, 1.807) is 42.5 Å². The van der Waals surface area contributed by atoms with Crippen LogP contribution in [0.1, 0.15) is 17.4 Å². The third-order valence-corrected chi connectivity index (χ3v) is 4.27. The molecule has 26 heavy (non-hydrogen) atoms. The summed E-state index contributed by atoms with van der Waals surface area (Å²) in [5.74, 6) is -1.41. The Morgan fingerprint density at radius 2 is 1.85 bits per heavy atom. The minimum absolute atomic E-state index is 0.00844. The van der Waals surface area contributed by atoms with Crippen molar-refractivity contribution in [3.63, 3.8) is 0 Å². The molecular formula is C19H19NO6. The molecule has 0 bridgehead atoms. The van der Waals surface area contributed by atoms with Gasteiger partial charge in [0.2, 0.25) is 0 Å². The number of ether oxygens (including phenoxy) is 2. The third kappa shape index (κ3) is 3.14. The molecule has 1 saturated heterocycles. The number of carbonyl (C=O) groups excluding carboxylic acids is 2. The van der Waals surface area contributed by atoms with Crippen molar-refractivity contribution in [3.05, 3.63) is 65.6 Å². The number of methoxy groups -OCH3 is 2. The number of rotatable bonds is 6. The number of aliphatic hydroxyl groups excluding tert-OH is 1. The van der Waals surface area contributed by atoms with Crippen LogP contribution in [-0.2, 0) is 19.1 Å². The molecule has 1 N–H and O–H groups in total. The van der Waals surface area contributed by atoms with Gasteiger partial charge < -0.3 is 23.9 Å². The van der Waals surface area contributed by atoms with Gasteiger partial charge in [0.1, 0.15) is 17.6 Å². The first-order chi connectivity index (χ1) is 12.6. The van der Waals surface area contributed by atoms with E-state index < -0.39 is 24.0 Å². The topological polar surface area (TPSA) is 89.2 Å². The molecule has 1 aromatic heterocycles. The Morgan fingerprint density at radius 3 is 2.42 bits per heavy atom. The number of ketones is 1. The summed E-state index contributed by atoms with van der Waals surface area (Å²) < 4.78 is 15.7. The van der Waals surface area contributed by atoms with Gasteiger partial charge in [-0.3, -0.25) is 9.59 Å². The monoisotopic (exact) mass is 357 g/mol. The second kappa shape index (κ2) is 7.55. The van der Waals surface area contributed by atoms with E-state index in [4.69, 9.17) is 13.9 Å². The number of furan rings is 1. The maximum absolute atomic E-state index is 12.7. The maximum Gasteiger partial charge on any atom is 0.295 e. The fraction of sp³-hybridized carbons (Fsp3) is 0.263. The molecule has 1 aliphatic heterocycles. The second-order valence-corrected chi connectivity index (χ2v) is 5.73. The largest absolute Gasteiger partial charge is 0.507 e. The van der Waals surface area contributed by atoms with Crippen LogP contribution < -0.4 is 0 Å². The van der Waals surface area contributed by atoms with E-state index in [9.17, 15) is 14.7 Å². The highest BCUT2D eigenvalue weighted by Crippen LogP contribution is 2.39. The van der Waals surface area contributed by atoms with Crippen molar-refractivity contribution in [2.45, 2.75) is 12.3 Å². The summed E-state index contributed by atoms with van der Waals surface area (Å²) in [7, 11) is 2.88. The summed E-state index contributed by atoms with van der Waals surface area (Å²) in [5, 5.41) is 10.7. The molecule has 1 fully saturated rings. The Balaban J connectivity index is 2.11. The number of aliphatic hydroxyl groups is 1. The molecule has 0 unspecified atom stereocenters. The quantitative estimate of drug-likeness (QED) is 0.369. The summed E-state index contributed by atoms with van der Waals surface area (Å²) in [6.07, 6.45) is 0.727. The molecule has 136 valence electrons. The zero-order valence-electron chi connectivity index (χ0n) is 14.4. The van der Waals surface area contributed by atoms with Crippen LogP contribution in [0, 0.1) is 0 Å². The van der Waals surface area contributed by atoms with Crippen molar-refractivity contribution in [1.29, 1.82) is 0 Å². The summed E-state index contributed by atoms with van der Waals surface area (Å²) >= 11 is 0. The molecule has 7 nitrogen and oxygen atoms in total. The highest BCUT2D eigenvalue weighted by atomic mass is 16.7. The maximum atomic E-state index is 12.7. The molecule has 1 amide bonds. The van der Waals surface area contributed by atoms with E-state index in [1.807, 2.05) is 0 Å². The fourth-order valence-electron chi connectivity index (χ4n) is 2.97. The molecule has 3 rings (SSSR count). The van der Waals surface area contributed by atoms with E-state index in [-0.39, 0.29) is 17.9 Å². The van der Waals surface area contributed by atoms with Gasteiger partial charge in [0, 0.05) is 19.8 Å². The molecule has 2 aromatic rings. The summed E-state index contributed by atoms with van der Waals surface area (Å²) in [5.41, 5.74) is 0.416. The predicted octanol–water partition coefficient (Wildman–Crippen LogP) is 2.32. The lowest BCUT2D eigenvalue weighted by Crippen LogP contribution is -2.38. The number of benzene rings is 1. The normalized spacial score (nSPS) is 19.5. The summed E-state index contributed by atoms with van der Waals surface area (Å²) in [6.45, 7) is 0.00844. The second-order valence-electron chi connectivity index (χ2n) is 5.73. The Labute approximate surface area is 150 Å². The SMILES string of the molecule is COC(CN1C(=O)C(=O)C(=C(O)c2ccccc2)[C@@H]1c1ccco1)OC. The average Bonchev–Trinajstić information content (AvgIpc) is 3.28. The lowest BCUT2D eigenvalue weighted by molar-refractivity contribution is -0.149. The minimum atomic E-state index is -0.863. The first-order valence-electron chi connectivity index (χ1n) is 8.01. The number of carbonyl (C=O) groups is 2. The van der Waals surface area contributed by atoms with Crippen molar-refractivity contribution >= 4 is 17.4 Å². The van der Waals surface area contributed by atoms with Crippen molar-refractivity contribution < 1.29 is 28.6 Å². The minimum Gasteiger partial charge on any atom is -0.507 e. The molecule has 1 aliphatic rings. The highest BCUT2D eigenvalue weighted by molar-refractivity contribution is 6.46. The number of likely N-dealkylation sites (tertiary alicyclic amines) is 1. The first kappa shape index (κ1) is 17.9. The molecular weight excluding hydrogens is 338 g/mol. The molecule has 1 aromatic carbocycles. The standard InChI is InChI=1S/C19H19NO6/c1-24-14(25-2)11-20-16(13-9-6-10-26-13)15(18(22)19(20)23)17(21)12-7-4-3-5-8-12/h3-10,14,16,21H,11H2,1-2H3/t16-/m0/s1. The average molecular weight is 357 g/mol. The highest BCUT2D eigenvalue weighted by Gasteiger charge is 2.48. The van der Waals surface area contributed by atoms with Gasteiger partial charge in [-0.1, -0.05) is 30.3 Å². The van der Waals surface area contributed by atoms with Gasteiger partial charge >= 0.3 is 0 Å². The van der Waals surface area contributed by atoms with Crippen molar-refractivity contribution in [3.8, 4) is 0 Å². The van der Waals surface area contributed by atoms with Crippen LogP contribution >= 0.6 is 0 Å². The lowest BCUT2D eigenvalue weighted by Gasteiger charge is -2.26. The number of hydrogen-bond acceptors (Lipinski definition) is 6. The smallest absolute Gasteiger partial charge is 0.295 e. The van der Waals surface area contributed by atoms with E-state index in [0.717, 1.165) is 0 Å². The van der Waals surface area contributed by atoms with Gasteiger partial charge in [-0.05, 0) is 12.1 Å². The zero-order valence-corrected chi connectivity index (χ0v) is 14.4. The number of nitrogens with zero attached hydrogens (tertiary/aromatic N) is 1. The van der Waals surface area contributed by atoms with Gasteiger partial charge in [0.05, 0.1) is 18.4 Å². The van der Waals surface area contributed by atoms with E-state index in [1.165, 1.54) is 25.4 Å². The molecule has 0 aliphatic carbocycles. The van der Waals surface area contributed by atoms with Crippen LogP contribution in [0.25, 0.3) is 5.76 Å². The molecule has 2 heterocycles. The van der Waals surface area contributed by atoms with Crippen LogP contribution in [0.3, 0.4) is 0 Å². The van der Waals surface area contributed by atoms with Crippen LogP contribution in [0.5, 0.6) is 0 Å². The fourth-order valence-corrected chi connectivity index (χ4v) is 2.97. The Kier molecular flexibility index (Phi) is 5.20. The summed E-state index contributed by atoms with van der Waals surface area (Å²) in [4.78, 5) is 26.5. The molecule has 0 spiro atoms. The third-order valence-electron chi connectivity index (χ3n) is 4.27. The Bertz CT molecular complexity index is 808. The predicted molar refractivity (Wildman–Crippen MR) is 92.0 cm³/mol. The Hall–Kier alpha value is -2.90. The van der Waals surface area contributed by atoms with Gasteiger partial charge in [-0.15, -0.1) is 0 Å². The molecule has 0 radical (unpaired) electrons. The number of hydrogen-bond donors (Lipinski definition) is 1. The number of Topliss-reactive ketones (excluding diaryl/α,β-unsaturated/α-hetero) is 1. The van der Waals surface area contributed by atoms with Crippen molar-refractivity contribution in [2.75, 3.05) is 20.8 Å². The zero-order chi connectivity index (χ0) is 18.7. The van der Waals surface area contributed by atoms with Crippen LogP contribution in [0.15, 0.2) is 58.7 Å². The van der Waals surface area contributed by atoms with Gasteiger partial charge in [-0.2, -0.15) is 0 Å². The van der Waals surface area contributed by atoms with Crippen molar-refractivity contribution in [1.82, 2.24) is 4.90 Å². The van der Waals surface area contributed by atoms with E-state index in [0.29, 0.717) is 11.3 Å². The molecule has 0 saturated carbocycles.